The molecule has 0 aliphatic carbocycles. The van der Waals surface area contributed by atoms with Crippen LogP contribution >= 0.6 is 0 Å². The highest BCUT2D eigenvalue weighted by molar-refractivity contribution is 6.00. The van der Waals surface area contributed by atoms with Crippen LogP contribution in [0.2, 0.25) is 0 Å². The summed E-state index contributed by atoms with van der Waals surface area (Å²) >= 11 is 0. The first kappa shape index (κ1) is 21.1. The molecule has 0 heterocycles. The van der Waals surface area contributed by atoms with Gasteiger partial charge in [-0.3, -0.25) is 4.79 Å². The van der Waals surface area contributed by atoms with Crippen molar-refractivity contribution in [2.24, 2.45) is 0 Å². The zero-order valence-corrected chi connectivity index (χ0v) is 15.9. The SMILES string of the molecule is C[C@@H](OC(=O)c1cccc(C(F)(F)F)c1)C(=O)Nc1ccccc1-c1ccccc1. The van der Waals surface area contributed by atoms with Gasteiger partial charge >= 0.3 is 12.1 Å². The molecule has 0 aromatic heterocycles. The number of halogens is 3. The van der Waals surface area contributed by atoms with Crippen LogP contribution in [-0.2, 0) is 15.7 Å². The molecule has 3 aromatic rings. The molecule has 3 rings (SSSR count). The Balaban J connectivity index is 1.71. The smallest absolute Gasteiger partial charge is 0.416 e. The van der Waals surface area contributed by atoms with Crippen molar-refractivity contribution in [3.05, 3.63) is 90.0 Å². The Morgan fingerprint density at radius 2 is 1.57 bits per heavy atom. The molecule has 1 atom stereocenters. The highest BCUT2D eigenvalue weighted by Crippen LogP contribution is 2.30. The summed E-state index contributed by atoms with van der Waals surface area (Å²) in [4.78, 5) is 24.7. The van der Waals surface area contributed by atoms with Crippen LogP contribution in [0, 0.1) is 0 Å². The summed E-state index contributed by atoms with van der Waals surface area (Å²) in [6.45, 7) is 1.35. The zero-order chi connectivity index (χ0) is 21.7. The number of hydrogen-bond donors (Lipinski definition) is 1. The number of ether oxygens (including phenoxy) is 1. The summed E-state index contributed by atoms with van der Waals surface area (Å²) in [5.74, 6) is -1.61. The monoisotopic (exact) mass is 413 g/mol. The average Bonchev–Trinajstić information content (AvgIpc) is 2.74. The molecule has 0 saturated heterocycles. The topological polar surface area (TPSA) is 55.4 Å². The highest BCUT2D eigenvalue weighted by Gasteiger charge is 2.31. The summed E-state index contributed by atoms with van der Waals surface area (Å²) in [6, 6.07) is 20.4. The molecule has 0 spiro atoms. The maximum absolute atomic E-state index is 12.8. The van der Waals surface area contributed by atoms with Crippen LogP contribution in [0.3, 0.4) is 0 Å². The lowest BCUT2D eigenvalue weighted by Gasteiger charge is -2.16. The molecule has 30 heavy (non-hydrogen) atoms. The summed E-state index contributed by atoms with van der Waals surface area (Å²) in [7, 11) is 0. The van der Waals surface area contributed by atoms with Crippen LogP contribution < -0.4 is 5.32 Å². The van der Waals surface area contributed by atoms with E-state index in [0.29, 0.717) is 11.8 Å². The third-order valence-electron chi connectivity index (χ3n) is 4.35. The highest BCUT2D eigenvalue weighted by atomic mass is 19.4. The maximum Gasteiger partial charge on any atom is 0.416 e. The molecule has 154 valence electrons. The number of amides is 1. The Morgan fingerprint density at radius 1 is 0.900 bits per heavy atom. The molecule has 0 radical (unpaired) electrons. The molecule has 0 unspecified atom stereocenters. The first-order valence-corrected chi connectivity index (χ1v) is 9.09. The largest absolute Gasteiger partial charge is 0.449 e. The Bertz CT molecular complexity index is 1050. The molecule has 0 fully saturated rings. The normalized spacial score (nSPS) is 12.1. The fourth-order valence-corrected chi connectivity index (χ4v) is 2.80. The zero-order valence-electron chi connectivity index (χ0n) is 15.9. The second-order valence-corrected chi connectivity index (χ2v) is 6.53. The number of para-hydroxylation sites is 1. The van der Waals surface area contributed by atoms with Crippen LogP contribution in [0.15, 0.2) is 78.9 Å². The lowest BCUT2D eigenvalue weighted by atomic mass is 10.0. The molecule has 0 aliphatic rings. The van der Waals surface area contributed by atoms with E-state index in [1.54, 1.807) is 12.1 Å². The van der Waals surface area contributed by atoms with E-state index in [2.05, 4.69) is 5.32 Å². The first-order chi connectivity index (χ1) is 14.3. The number of carbonyl (C=O) groups is 2. The van der Waals surface area contributed by atoms with Crippen molar-refractivity contribution in [1.82, 2.24) is 0 Å². The number of carbonyl (C=O) groups excluding carboxylic acids is 2. The minimum atomic E-state index is -4.58. The van der Waals surface area contributed by atoms with Gasteiger partial charge in [0.1, 0.15) is 0 Å². The molecule has 0 aliphatic heterocycles. The fraction of sp³-hybridized carbons (Fsp3) is 0.130. The standard InChI is InChI=1S/C23H18F3NO3/c1-15(30-22(29)17-10-7-11-18(14-17)23(24,25)26)21(28)27-20-13-6-5-12-19(20)16-8-3-2-4-9-16/h2-15H,1H3,(H,27,28)/t15-/m1/s1. The van der Waals surface area contributed by atoms with Crippen molar-refractivity contribution in [3.63, 3.8) is 0 Å². The lowest BCUT2D eigenvalue weighted by molar-refractivity contribution is -0.137. The van der Waals surface area contributed by atoms with Gasteiger partial charge in [-0.2, -0.15) is 13.2 Å². The Labute approximate surface area is 171 Å². The Kier molecular flexibility index (Phi) is 6.20. The summed E-state index contributed by atoms with van der Waals surface area (Å²) in [6.07, 6.45) is -5.80. The number of hydrogen-bond acceptors (Lipinski definition) is 3. The van der Waals surface area contributed by atoms with Crippen LogP contribution in [0.4, 0.5) is 18.9 Å². The fourth-order valence-electron chi connectivity index (χ4n) is 2.80. The molecule has 1 N–H and O–H groups in total. The lowest BCUT2D eigenvalue weighted by Crippen LogP contribution is -2.30. The van der Waals surface area contributed by atoms with Gasteiger partial charge in [0, 0.05) is 11.3 Å². The second-order valence-electron chi connectivity index (χ2n) is 6.53. The van der Waals surface area contributed by atoms with Crippen LogP contribution in [0.1, 0.15) is 22.8 Å². The minimum absolute atomic E-state index is 0.283. The number of benzene rings is 3. The quantitative estimate of drug-likeness (QED) is 0.558. The molecular formula is C23H18F3NO3. The molecule has 3 aromatic carbocycles. The van der Waals surface area contributed by atoms with Gasteiger partial charge in [-0.15, -0.1) is 0 Å². The van der Waals surface area contributed by atoms with Gasteiger partial charge in [-0.25, -0.2) is 4.79 Å². The number of nitrogens with one attached hydrogen (secondary N) is 1. The Hall–Kier alpha value is -3.61. The molecule has 0 saturated carbocycles. The van der Waals surface area contributed by atoms with Crippen molar-refractivity contribution in [3.8, 4) is 11.1 Å². The predicted molar refractivity (Wildman–Crippen MR) is 107 cm³/mol. The van der Waals surface area contributed by atoms with Crippen molar-refractivity contribution < 1.29 is 27.5 Å². The molecule has 0 bridgehead atoms. The van der Waals surface area contributed by atoms with E-state index >= 15 is 0 Å². The van der Waals surface area contributed by atoms with Crippen molar-refractivity contribution >= 4 is 17.6 Å². The van der Waals surface area contributed by atoms with Gasteiger partial charge < -0.3 is 10.1 Å². The van der Waals surface area contributed by atoms with Crippen molar-refractivity contribution in [1.29, 1.82) is 0 Å². The number of esters is 1. The summed E-state index contributed by atoms with van der Waals surface area (Å²) in [5.41, 5.74) is 0.945. The van der Waals surface area contributed by atoms with Crippen molar-refractivity contribution in [2.45, 2.75) is 19.2 Å². The van der Waals surface area contributed by atoms with E-state index in [-0.39, 0.29) is 5.56 Å². The van der Waals surface area contributed by atoms with Crippen molar-refractivity contribution in [2.75, 3.05) is 5.32 Å². The second kappa shape index (κ2) is 8.82. The van der Waals surface area contributed by atoms with E-state index in [1.807, 2.05) is 42.5 Å². The number of anilines is 1. The molecular weight excluding hydrogens is 395 g/mol. The summed E-state index contributed by atoms with van der Waals surface area (Å²) in [5, 5.41) is 2.71. The maximum atomic E-state index is 12.8. The van der Waals surface area contributed by atoms with E-state index < -0.39 is 29.7 Å². The van der Waals surface area contributed by atoms with Crippen LogP contribution in [-0.4, -0.2) is 18.0 Å². The van der Waals surface area contributed by atoms with Gasteiger partial charge in [0.15, 0.2) is 6.10 Å². The van der Waals surface area contributed by atoms with Gasteiger partial charge in [-0.05, 0) is 36.8 Å². The minimum Gasteiger partial charge on any atom is -0.449 e. The number of rotatable bonds is 5. The molecule has 4 nitrogen and oxygen atoms in total. The molecule has 1 amide bonds. The van der Waals surface area contributed by atoms with E-state index in [9.17, 15) is 22.8 Å². The Morgan fingerprint density at radius 3 is 2.27 bits per heavy atom. The first-order valence-electron chi connectivity index (χ1n) is 9.09. The predicted octanol–water partition coefficient (Wildman–Crippen LogP) is 5.56. The van der Waals surface area contributed by atoms with E-state index in [0.717, 1.165) is 23.3 Å². The number of alkyl halides is 3. The van der Waals surface area contributed by atoms with Gasteiger partial charge in [0.2, 0.25) is 0 Å². The summed E-state index contributed by atoms with van der Waals surface area (Å²) < 4.78 is 43.5. The molecule has 7 heteroatoms. The van der Waals surface area contributed by atoms with Crippen LogP contribution in [0.25, 0.3) is 11.1 Å². The van der Waals surface area contributed by atoms with Crippen LogP contribution in [0.5, 0.6) is 0 Å². The van der Waals surface area contributed by atoms with E-state index in [1.165, 1.54) is 13.0 Å². The average molecular weight is 413 g/mol. The third-order valence-corrected chi connectivity index (χ3v) is 4.35. The third kappa shape index (κ3) is 5.05. The van der Waals surface area contributed by atoms with Gasteiger partial charge in [0.25, 0.3) is 5.91 Å². The van der Waals surface area contributed by atoms with Gasteiger partial charge in [-0.1, -0.05) is 54.6 Å². The van der Waals surface area contributed by atoms with E-state index in [4.69, 9.17) is 4.74 Å². The van der Waals surface area contributed by atoms with Gasteiger partial charge in [0.05, 0.1) is 11.1 Å².